The normalized spacial score (nSPS) is 12.3. The van der Waals surface area contributed by atoms with E-state index in [0.717, 1.165) is 19.3 Å². The summed E-state index contributed by atoms with van der Waals surface area (Å²) in [5.74, 6) is 0. The Balaban J connectivity index is 0. The molecule has 0 aromatic heterocycles. The molecule has 0 heterocycles. The van der Waals surface area contributed by atoms with Crippen molar-refractivity contribution in [1.29, 1.82) is 0 Å². The second-order valence-corrected chi connectivity index (χ2v) is 15.7. The first-order valence-corrected chi connectivity index (χ1v) is 23.1. The fourth-order valence-corrected chi connectivity index (χ4v) is 6.55. The van der Waals surface area contributed by atoms with Crippen LogP contribution in [0.25, 0.3) is 0 Å². The summed E-state index contributed by atoms with van der Waals surface area (Å²) in [6, 6.07) is 0. The lowest BCUT2D eigenvalue weighted by Crippen LogP contribution is -2.26. The van der Waals surface area contributed by atoms with Gasteiger partial charge in [-0.15, -0.1) is 0 Å². The highest BCUT2D eigenvalue weighted by molar-refractivity contribution is 7.46. The van der Waals surface area contributed by atoms with Crippen molar-refractivity contribution in [2.24, 2.45) is 5.73 Å². The van der Waals surface area contributed by atoms with Gasteiger partial charge in [0, 0.05) is 19.8 Å². The van der Waals surface area contributed by atoms with Gasteiger partial charge >= 0.3 is 7.82 Å². The van der Waals surface area contributed by atoms with Crippen LogP contribution in [0.3, 0.4) is 0 Å². The second kappa shape index (κ2) is 45.1. The zero-order chi connectivity index (χ0) is 37.1. The molecule has 0 fully saturated rings. The van der Waals surface area contributed by atoms with Gasteiger partial charge in [-0.1, -0.05) is 206 Å². The molecule has 0 spiro atoms. The van der Waals surface area contributed by atoms with E-state index in [9.17, 15) is 4.57 Å². The zero-order valence-corrected chi connectivity index (χ0v) is 34.3. The number of phosphoric acid groups is 1. The average Bonchev–Trinajstić information content (AvgIpc) is 3.10. The van der Waals surface area contributed by atoms with Crippen LogP contribution in [0.15, 0.2) is 0 Å². The molecule has 0 aromatic carbocycles. The molecule has 5 N–H and O–H groups in total. The number of phosphoric ester groups is 1. The van der Waals surface area contributed by atoms with Crippen LogP contribution < -0.4 is 5.73 Å². The molecule has 1 atom stereocenters. The van der Waals surface area contributed by atoms with E-state index in [1.165, 1.54) is 186 Å². The maximum Gasteiger partial charge on any atom is 0.469 e. The minimum absolute atomic E-state index is 0.0972. The molecule has 304 valence electrons. The lowest BCUT2D eigenvalue weighted by Gasteiger charge is -2.18. The van der Waals surface area contributed by atoms with Crippen molar-refractivity contribution in [3.63, 3.8) is 0 Å². The maximum atomic E-state index is 11.2. The Labute approximate surface area is 311 Å². The molecule has 0 radical (unpaired) electrons. The average molecular weight is 738 g/mol. The first-order chi connectivity index (χ1) is 24.4. The Morgan fingerprint density at radius 2 is 0.760 bits per heavy atom. The number of rotatable bonds is 41. The molecule has 9 heteroatoms. The molecule has 0 aliphatic rings. The van der Waals surface area contributed by atoms with Crippen LogP contribution in [0, 0.1) is 0 Å². The third kappa shape index (κ3) is 50.1. The molecule has 50 heavy (non-hydrogen) atoms. The van der Waals surface area contributed by atoms with E-state index in [-0.39, 0.29) is 13.2 Å². The summed E-state index contributed by atoms with van der Waals surface area (Å²) in [5.41, 5.74) is 4.78. The van der Waals surface area contributed by atoms with Gasteiger partial charge in [-0.25, -0.2) is 4.57 Å². The standard InChI is InChI=1S/C39H81O6P.C2H7NO/c1-3-5-7-9-11-13-15-17-19-21-23-25-27-29-31-33-35-43-37-39(38-45-46(40,41)42)44-36-34-32-30-28-26-24-22-20-18-16-14-12-10-8-6-4-2;3-1-2-4/h39H,3-38H2,1-2H3,(H2,40,41,42);4H,1-3H2/t39-;/m1./s1. The van der Waals surface area contributed by atoms with E-state index < -0.39 is 13.9 Å². The van der Waals surface area contributed by atoms with Gasteiger partial charge in [0.05, 0.1) is 19.8 Å². The molecule has 0 saturated heterocycles. The summed E-state index contributed by atoms with van der Waals surface area (Å²) in [5, 5.41) is 7.75. The summed E-state index contributed by atoms with van der Waals surface area (Å²) in [6.07, 6.45) is 42.3. The summed E-state index contributed by atoms with van der Waals surface area (Å²) >= 11 is 0. The van der Waals surface area contributed by atoms with Crippen LogP contribution in [-0.4, -0.2) is 60.6 Å². The van der Waals surface area contributed by atoms with Crippen LogP contribution in [0.1, 0.15) is 219 Å². The van der Waals surface area contributed by atoms with Gasteiger partial charge in [-0.3, -0.25) is 4.52 Å². The van der Waals surface area contributed by atoms with Crippen LogP contribution in [0.4, 0.5) is 0 Å². The Morgan fingerprint density at radius 1 is 0.480 bits per heavy atom. The van der Waals surface area contributed by atoms with E-state index >= 15 is 0 Å². The first kappa shape index (κ1) is 52.1. The van der Waals surface area contributed by atoms with Gasteiger partial charge in [0.1, 0.15) is 6.10 Å². The van der Waals surface area contributed by atoms with Crippen LogP contribution in [0.2, 0.25) is 0 Å². The van der Waals surface area contributed by atoms with Gasteiger partial charge in [0.2, 0.25) is 0 Å². The molecule has 0 aliphatic heterocycles. The maximum absolute atomic E-state index is 11.2. The smallest absolute Gasteiger partial charge is 0.395 e. The number of unbranched alkanes of at least 4 members (excludes halogenated alkanes) is 30. The van der Waals surface area contributed by atoms with Crippen LogP contribution >= 0.6 is 7.82 Å². The monoisotopic (exact) mass is 738 g/mol. The third-order valence-corrected chi connectivity index (χ3v) is 9.84. The van der Waals surface area contributed by atoms with Crippen LogP contribution in [-0.2, 0) is 18.6 Å². The van der Waals surface area contributed by atoms with Crippen molar-refractivity contribution >= 4 is 7.82 Å². The lowest BCUT2D eigenvalue weighted by atomic mass is 10.0. The largest absolute Gasteiger partial charge is 0.469 e. The number of ether oxygens (including phenoxy) is 2. The molecule has 0 aromatic rings. The SMILES string of the molecule is CCCCCCCCCCCCCCCCCCOC[C@H](COP(=O)(O)O)OCCCCCCCCCCCCCCCCCC.NCCO. The molecule has 0 amide bonds. The van der Waals surface area contributed by atoms with Gasteiger partial charge in [0.15, 0.2) is 0 Å². The highest BCUT2D eigenvalue weighted by Gasteiger charge is 2.19. The highest BCUT2D eigenvalue weighted by atomic mass is 31.2. The quantitative estimate of drug-likeness (QED) is 0.0360. The Bertz CT molecular complexity index is 650. The van der Waals surface area contributed by atoms with E-state index in [1.807, 2.05) is 0 Å². The summed E-state index contributed by atoms with van der Waals surface area (Å²) < 4.78 is 27.6. The van der Waals surface area contributed by atoms with Gasteiger partial charge in [-0.2, -0.15) is 0 Å². The van der Waals surface area contributed by atoms with Crippen molar-refractivity contribution in [3.8, 4) is 0 Å². The van der Waals surface area contributed by atoms with Gasteiger partial charge in [0.25, 0.3) is 0 Å². The Hall–Kier alpha value is -0.0500. The molecule has 0 unspecified atom stereocenters. The Morgan fingerprint density at radius 3 is 1.04 bits per heavy atom. The van der Waals surface area contributed by atoms with Crippen molar-refractivity contribution in [2.75, 3.05) is 39.6 Å². The fraction of sp³-hybridized carbons (Fsp3) is 1.00. The van der Waals surface area contributed by atoms with E-state index in [1.54, 1.807) is 0 Å². The molecular weight excluding hydrogens is 649 g/mol. The number of aliphatic hydroxyl groups is 1. The first-order valence-electron chi connectivity index (χ1n) is 21.6. The van der Waals surface area contributed by atoms with Crippen molar-refractivity contribution < 1.29 is 33.5 Å². The summed E-state index contributed by atoms with van der Waals surface area (Å²) in [4.78, 5) is 18.2. The number of aliphatic hydroxyl groups excluding tert-OH is 1. The van der Waals surface area contributed by atoms with E-state index in [2.05, 4.69) is 13.8 Å². The van der Waals surface area contributed by atoms with Crippen molar-refractivity contribution in [3.05, 3.63) is 0 Å². The Kier molecular flexibility index (Phi) is 47.0. The molecule has 0 bridgehead atoms. The van der Waals surface area contributed by atoms with Crippen molar-refractivity contribution in [1.82, 2.24) is 0 Å². The van der Waals surface area contributed by atoms with Crippen molar-refractivity contribution in [2.45, 2.75) is 225 Å². The van der Waals surface area contributed by atoms with Crippen LogP contribution in [0.5, 0.6) is 0 Å². The zero-order valence-electron chi connectivity index (χ0n) is 33.4. The second-order valence-electron chi connectivity index (χ2n) is 14.5. The van der Waals surface area contributed by atoms with E-state index in [0.29, 0.717) is 26.4 Å². The van der Waals surface area contributed by atoms with E-state index in [4.69, 9.17) is 34.6 Å². The fourth-order valence-electron chi connectivity index (χ4n) is 6.19. The lowest BCUT2D eigenvalue weighted by molar-refractivity contribution is -0.0429. The predicted octanol–water partition coefficient (Wildman–Crippen LogP) is 12.0. The minimum atomic E-state index is -4.51. The molecule has 0 aliphatic carbocycles. The third-order valence-electron chi connectivity index (χ3n) is 9.36. The highest BCUT2D eigenvalue weighted by Crippen LogP contribution is 2.35. The summed E-state index contributed by atoms with van der Waals surface area (Å²) in [7, 11) is -4.51. The van der Waals surface area contributed by atoms with Gasteiger partial charge in [-0.05, 0) is 12.8 Å². The predicted molar refractivity (Wildman–Crippen MR) is 214 cm³/mol. The molecule has 8 nitrogen and oxygen atoms in total. The minimum Gasteiger partial charge on any atom is -0.395 e. The summed E-state index contributed by atoms with van der Waals surface area (Å²) in [6.45, 7) is 6.45. The molecule has 0 saturated carbocycles. The number of hydrogen-bond acceptors (Lipinski definition) is 6. The molecular formula is C41H88NO7P. The van der Waals surface area contributed by atoms with Gasteiger partial charge < -0.3 is 30.1 Å². The topological polar surface area (TPSA) is 131 Å². The number of nitrogens with two attached hydrogens (primary N) is 1. The number of hydrogen-bond donors (Lipinski definition) is 4. The molecule has 0 rings (SSSR count).